The number of rotatable bonds is 1. The summed E-state index contributed by atoms with van der Waals surface area (Å²) in [6.45, 7) is 3.36. The van der Waals surface area contributed by atoms with Gasteiger partial charge in [-0.25, -0.2) is 0 Å². The first kappa shape index (κ1) is 10.4. The van der Waals surface area contributed by atoms with Crippen molar-refractivity contribution in [2.45, 2.75) is 31.5 Å². The van der Waals surface area contributed by atoms with E-state index in [1.54, 1.807) is 0 Å². The zero-order chi connectivity index (χ0) is 5.82. The van der Waals surface area contributed by atoms with Gasteiger partial charge in [0.2, 0.25) is 0 Å². The van der Waals surface area contributed by atoms with Crippen LogP contribution in [0.2, 0.25) is 6.55 Å². The van der Waals surface area contributed by atoms with Crippen LogP contribution >= 0.6 is 0 Å². The molecule has 0 aliphatic carbocycles. The standard InChI is InChI=1S/C6H14OSi.Ca.2H/c1-8-6-4-2-3-5-7-6;;;/h6H,2-5,8H2,1H3;;;. The van der Waals surface area contributed by atoms with E-state index >= 15 is 0 Å². The molecule has 52 valence electrons. The second-order valence-corrected chi connectivity index (χ2v) is 4.12. The Bertz CT molecular complexity index is 64.1. The molecule has 0 radical (unpaired) electrons. The van der Waals surface area contributed by atoms with Crippen molar-refractivity contribution in [1.29, 1.82) is 0 Å². The second-order valence-electron chi connectivity index (χ2n) is 2.40. The Morgan fingerprint density at radius 2 is 2.22 bits per heavy atom. The molecule has 1 nitrogen and oxygen atoms in total. The van der Waals surface area contributed by atoms with Gasteiger partial charge in [-0.2, -0.15) is 0 Å². The summed E-state index contributed by atoms with van der Waals surface area (Å²) in [7, 11) is 0.146. The van der Waals surface area contributed by atoms with Crippen LogP contribution in [0, 0.1) is 0 Å². The van der Waals surface area contributed by atoms with E-state index in [0.717, 1.165) is 12.3 Å². The van der Waals surface area contributed by atoms with E-state index in [9.17, 15) is 0 Å². The van der Waals surface area contributed by atoms with Crippen molar-refractivity contribution < 1.29 is 4.74 Å². The summed E-state index contributed by atoms with van der Waals surface area (Å²) in [4.78, 5) is 0. The van der Waals surface area contributed by atoms with Crippen LogP contribution in [0.15, 0.2) is 0 Å². The Balaban J connectivity index is 0.000000640. The van der Waals surface area contributed by atoms with Gasteiger partial charge in [0.25, 0.3) is 0 Å². The van der Waals surface area contributed by atoms with Crippen molar-refractivity contribution in [3.8, 4) is 0 Å². The second kappa shape index (κ2) is 6.17. The van der Waals surface area contributed by atoms with Gasteiger partial charge in [0.1, 0.15) is 0 Å². The van der Waals surface area contributed by atoms with Crippen LogP contribution in [0.5, 0.6) is 0 Å². The van der Waals surface area contributed by atoms with Crippen LogP contribution in [-0.2, 0) is 4.74 Å². The summed E-state index contributed by atoms with van der Waals surface area (Å²) in [6, 6.07) is 0. The van der Waals surface area contributed by atoms with Crippen LogP contribution in [0.25, 0.3) is 0 Å². The summed E-state index contributed by atoms with van der Waals surface area (Å²) in [5.41, 5.74) is 0.726. The predicted octanol–water partition coefficient (Wildman–Crippen LogP) is -0.186. The molecule has 9 heavy (non-hydrogen) atoms. The quantitative estimate of drug-likeness (QED) is 0.498. The molecule has 3 heteroatoms. The predicted molar refractivity (Wildman–Crippen MR) is 46.5 cm³/mol. The first-order valence-electron chi connectivity index (χ1n) is 3.55. The molecule has 1 rings (SSSR count). The van der Waals surface area contributed by atoms with E-state index in [4.69, 9.17) is 4.74 Å². The van der Waals surface area contributed by atoms with Crippen LogP contribution in [0.1, 0.15) is 19.3 Å². The summed E-state index contributed by atoms with van der Waals surface area (Å²) in [5.74, 6) is 0. The molecule has 1 heterocycles. The Hall–Kier alpha value is 1.44. The minimum atomic E-state index is 0. The fourth-order valence-corrected chi connectivity index (χ4v) is 2.23. The zero-order valence-electron chi connectivity index (χ0n) is 5.52. The molecular formula is C6H16CaOSi. The van der Waals surface area contributed by atoms with Gasteiger partial charge in [-0.3, -0.25) is 0 Å². The molecule has 0 aromatic rings. The molecule has 0 spiro atoms. The Kier molecular flexibility index (Phi) is 7.15. The molecule has 0 aromatic carbocycles. The Labute approximate surface area is 89.4 Å². The first-order chi connectivity index (χ1) is 3.93. The van der Waals surface area contributed by atoms with Gasteiger partial charge in [-0.15, -0.1) is 0 Å². The Morgan fingerprint density at radius 3 is 2.56 bits per heavy atom. The SMILES string of the molecule is C[SiH2]C1CCCCO1.[CaH2]. The molecule has 1 aliphatic rings. The number of hydrogen-bond donors (Lipinski definition) is 0. The molecule has 1 fully saturated rings. The van der Waals surface area contributed by atoms with Crippen LogP contribution < -0.4 is 0 Å². The molecule has 1 unspecified atom stereocenters. The van der Waals surface area contributed by atoms with Crippen molar-refractivity contribution in [3.05, 3.63) is 0 Å². The monoisotopic (exact) mass is 172 g/mol. The molecule has 0 bridgehead atoms. The number of hydrogen-bond acceptors (Lipinski definition) is 1. The van der Waals surface area contributed by atoms with Crippen molar-refractivity contribution in [3.63, 3.8) is 0 Å². The van der Waals surface area contributed by atoms with Gasteiger partial charge < -0.3 is 4.74 Å². The van der Waals surface area contributed by atoms with E-state index in [1.807, 2.05) is 0 Å². The molecule has 0 aromatic heterocycles. The van der Waals surface area contributed by atoms with Crippen LogP contribution in [0.3, 0.4) is 0 Å². The molecule has 1 aliphatic heterocycles. The number of ether oxygens (including phenoxy) is 1. The van der Waals surface area contributed by atoms with E-state index in [-0.39, 0.29) is 47.3 Å². The van der Waals surface area contributed by atoms with Gasteiger partial charge >= 0.3 is 37.7 Å². The third kappa shape index (κ3) is 3.99. The van der Waals surface area contributed by atoms with Crippen molar-refractivity contribution in [2.24, 2.45) is 0 Å². The van der Waals surface area contributed by atoms with E-state index in [0.29, 0.717) is 0 Å². The van der Waals surface area contributed by atoms with Crippen LogP contribution in [0.4, 0.5) is 0 Å². The summed E-state index contributed by atoms with van der Waals surface area (Å²) >= 11 is 0. The molecule has 1 saturated heterocycles. The van der Waals surface area contributed by atoms with Gasteiger partial charge in [-0.1, -0.05) is 6.55 Å². The Morgan fingerprint density at radius 1 is 1.44 bits per heavy atom. The summed E-state index contributed by atoms with van der Waals surface area (Å²) in [6.07, 6.45) is 4.05. The van der Waals surface area contributed by atoms with Gasteiger partial charge in [0.05, 0.1) is 9.52 Å². The average Bonchev–Trinajstić information content (AvgIpc) is 1.90. The topological polar surface area (TPSA) is 9.23 Å². The maximum absolute atomic E-state index is 5.49. The van der Waals surface area contributed by atoms with Crippen molar-refractivity contribution in [1.82, 2.24) is 0 Å². The normalized spacial score (nSPS) is 28.3. The molecule has 0 amide bonds. The molecule has 0 N–H and O–H groups in total. The van der Waals surface area contributed by atoms with E-state index in [2.05, 4.69) is 6.55 Å². The zero-order valence-corrected chi connectivity index (χ0v) is 6.94. The maximum atomic E-state index is 5.49. The van der Waals surface area contributed by atoms with Gasteiger partial charge in [-0.05, 0) is 19.3 Å². The van der Waals surface area contributed by atoms with Gasteiger partial charge in [0, 0.05) is 12.3 Å². The fourth-order valence-electron chi connectivity index (χ4n) is 1.13. The summed E-state index contributed by atoms with van der Waals surface area (Å²) < 4.78 is 5.49. The molecule has 1 atom stereocenters. The third-order valence-corrected chi connectivity index (χ3v) is 3.28. The van der Waals surface area contributed by atoms with Gasteiger partial charge in [0.15, 0.2) is 0 Å². The molecule has 0 saturated carbocycles. The van der Waals surface area contributed by atoms with Crippen molar-refractivity contribution in [2.75, 3.05) is 6.61 Å². The van der Waals surface area contributed by atoms with Crippen molar-refractivity contribution >= 4 is 47.3 Å². The van der Waals surface area contributed by atoms with E-state index in [1.165, 1.54) is 19.3 Å². The summed E-state index contributed by atoms with van der Waals surface area (Å²) in [5, 5.41) is 0. The fraction of sp³-hybridized carbons (Fsp3) is 1.00. The molecular weight excluding hydrogens is 156 g/mol. The first-order valence-corrected chi connectivity index (χ1v) is 5.78. The van der Waals surface area contributed by atoms with E-state index < -0.39 is 0 Å². The van der Waals surface area contributed by atoms with Crippen LogP contribution in [-0.4, -0.2) is 59.6 Å². The third-order valence-electron chi connectivity index (χ3n) is 1.73. The average molecular weight is 172 g/mol. The minimum absolute atomic E-state index is 0.